The van der Waals surface area contributed by atoms with Crippen LogP contribution in [0.3, 0.4) is 0 Å². The van der Waals surface area contributed by atoms with Crippen molar-refractivity contribution in [1.29, 1.82) is 0 Å². The highest BCUT2D eigenvalue weighted by molar-refractivity contribution is 5.82. The van der Waals surface area contributed by atoms with Gasteiger partial charge in [-0.25, -0.2) is 9.59 Å². The summed E-state index contributed by atoms with van der Waals surface area (Å²) in [6.45, 7) is 3.66. The third-order valence-electron chi connectivity index (χ3n) is 2.22. The molecule has 0 unspecified atom stereocenters. The van der Waals surface area contributed by atoms with Crippen molar-refractivity contribution in [2.75, 3.05) is 6.54 Å². The standard InChI is InChI=1S/C10H16N4O4/c1-3-7(9(15)16)13-10(17)11-5-4-8-12-6(2)18-14-8/h7H,3-5H2,1-2H3,(H,15,16)(H2,11,13,17)/t7-/m0/s1. The van der Waals surface area contributed by atoms with E-state index in [4.69, 9.17) is 9.63 Å². The first kappa shape index (κ1) is 13.9. The van der Waals surface area contributed by atoms with Gasteiger partial charge in [-0.3, -0.25) is 0 Å². The number of carbonyl (C=O) groups is 2. The molecule has 8 heteroatoms. The van der Waals surface area contributed by atoms with Gasteiger partial charge in [-0.1, -0.05) is 12.1 Å². The van der Waals surface area contributed by atoms with Gasteiger partial charge in [-0.2, -0.15) is 4.98 Å². The number of aryl methyl sites for hydroxylation is 1. The highest BCUT2D eigenvalue weighted by atomic mass is 16.5. The number of aliphatic carboxylic acids is 1. The van der Waals surface area contributed by atoms with Crippen LogP contribution in [-0.2, 0) is 11.2 Å². The molecule has 0 saturated heterocycles. The van der Waals surface area contributed by atoms with Gasteiger partial charge in [-0.15, -0.1) is 0 Å². The Morgan fingerprint density at radius 1 is 1.50 bits per heavy atom. The molecule has 0 aliphatic heterocycles. The maximum Gasteiger partial charge on any atom is 0.326 e. The molecule has 0 radical (unpaired) electrons. The number of hydrogen-bond acceptors (Lipinski definition) is 5. The lowest BCUT2D eigenvalue weighted by Crippen LogP contribution is -2.46. The van der Waals surface area contributed by atoms with Gasteiger partial charge < -0.3 is 20.3 Å². The van der Waals surface area contributed by atoms with Crippen molar-refractivity contribution in [3.8, 4) is 0 Å². The second-order valence-corrected chi connectivity index (χ2v) is 3.68. The molecule has 0 aromatic carbocycles. The molecule has 1 rings (SSSR count). The largest absolute Gasteiger partial charge is 0.480 e. The molecular weight excluding hydrogens is 240 g/mol. The van der Waals surface area contributed by atoms with Gasteiger partial charge >= 0.3 is 12.0 Å². The third-order valence-corrected chi connectivity index (χ3v) is 2.22. The van der Waals surface area contributed by atoms with Gasteiger partial charge in [0.15, 0.2) is 5.82 Å². The number of amides is 2. The smallest absolute Gasteiger partial charge is 0.326 e. The van der Waals surface area contributed by atoms with E-state index in [-0.39, 0.29) is 0 Å². The fourth-order valence-electron chi connectivity index (χ4n) is 1.28. The first-order valence-corrected chi connectivity index (χ1v) is 5.59. The molecule has 8 nitrogen and oxygen atoms in total. The Hall–Kier alpha value is -2.12. The minimum atomic E-state index is -1.05. The third kappa shape index (κ3) is 4.40. The zero-order valence-electron chi connectivity index (χ0n) is 10.3. The fraction of sp³-hybridized carbons (Fsp3) is 0.600. The van der Waals surface area contributed by atoms with Crippen molar-refractivity contribution in [2.45, 2.75) is 32.7 Å². The van der Waals surface area contributed by atoms with E-state index in [0.29, 0.717) is 31.1 Å². The average molecular weight is 256 g/mol. The van der Waals surface area contributed by atoms with Crippen LogP contribution in [-0.4, -0.2) is 39.8 Å². The van der Waals surface area contributed by atoms with E-state index in [1.165, 1.54) is 0 Å². The molecule has 0 saturated carbocycles. The molecule has 0 aliphatic carbocycles. The van der Waals surface area contributed by atoms with Gasteiger partial charge in [0.1, 0.15) is 6.04 Å². The van der Waals surface area contributed by atoms with Gasteiger partial charge in [0.05, 0.1) is 0 Å². The second kappa shape index (κ2) is 6.58. The monoisotopic (exact) mass is 256 g/mol. The lowest BCUT2D eigenvalue weighted by atomic mass is 10.2. The number of carbonyl (C=O) groups excluding carboxylic acids is 1. The Morgan fingerprint density at radius 2 is 2.22 bits per heavy atom. The van der Waals surface area contributed by atoms with E-state index < -0.39 is 18.0 Å². The molecule has 3 N–H and O–H groups in total. The van der Waals surface area contributed by atoms with E-state index in [9.17, 15) is 9.59 Å². The predicted molar refractivity (Wildman–Crippen MR) is 61.0 cm³/mol. The van der Waals surface area contributed by atoms with Crippen LogP contribution < -0.4 is 10.6 Å². The molecule has 100 valence electrons. The zero-order chi connectivity index (χ0) is 13.5. The summed E-state index contributed by atoms with van der Waals surface area (Å²) in [4.78, 5) is 26.0. The minimum Gasteiger partial charge on any atom is -0.480 e. The quantitative estimate of drug-likeness (QED) is 0.663. The minimum absolute atomic E-state index is 0.306. The number of nitrogens with zero attached hydrogens (tertiary/aromatic N) is 2. The molecule has 0 fully saturated rings. The van der Waals surface area contributed by atoms with E-state index in [1.807, 2.05) is 0 Å². The Bertz CT molecular complexity index is 418. The molecule has 1 atom stereocenters. The lowest BCUT2D eigenvalue weighted by molar-refractivity contribution is -0.139. The molecular formula is C10H16N4O4. The number of aromatic nitrogens is 2. The van der Waals surface area contributed by atoms with Crippen LogP contribution in [0.2, 0.25) is 0 Å². The van der Waals surface area contributed by atoms with Crippen LogP contribution in [0, 0.1) is 6.92 Å². The zero-order valence-corrected chi connectivity index (χ0v) is 10.3. The summed E-state index contributed by atoms with van der Waals surface area (Å²) in [6, 6.07) is -1.40. The Labute approximate surface area is 104 Å². The summed E-state index contributed by atoms with van der Waals surface area (Å²) in [5.41, 5.74) is 0. The Balaban J connectivity index is 2.26. The lowest BCUT2D eigenvalue weighted by Gasteiger charge is -2.12. The average Bonchev–Trinajstić information content (AvgIpc) is 2.71. The molecule has 2 amide bonds. The van der Waals surface area contributed by atoms with E-state index in [2.05, 4.69) is 20.8 Å². The summed E-state index contributed by atoms with van der Waals surface area (Å²) in [5.74, 6) is -0.0918. The predicted octanol–water partition coefficient (Wildman–Crippen LogP) is 0.0829. The molecule has 1 aromatic heterocycles. The van der Waals surface area contributed by atoms with Crippen molar-refractivity contribution in [3.63, 3.8) is 0 Å². The molecule has 0 spiro atoms. The molecule has 0 aliphatic rings. The van der Waals surface area contributed by atoms with Crippen LogP contribution >= 0.6 is 0 Å². The summed E-state index contributed by atoms with van der Waals surface area (Å²) < 4.78 is 4.77. The molecule has 1 aromatic rings. The van der Waals surface area contributed by atoms with Crippen LogP contribution in [0.4, 0.5) is 4.79 Å². The normalized spacial score (nSPS) is 11.9. The van der Waals surface area contributed by atoms with E-state index >= 15 is 0 Å². The van der Waals surface area contributed by atoms with Gasteiger partial charge in [0, 0.05) is 19.9 Å². The summed E-state index contributed by atoms with van der Waals surface area (Å²) in [7, 11) is 0. The Kier molecular flexibility index (Phi) is 5.09. The van der Waals surface area contributed by atoms with E-state index in [1.54, 1.807) is 13.8 Å². The molecule has 1 heterocycles. The SMILES string of the molecule is CC[C@H](NC(=O)NCCc1noc(C)n1)C(=O)O. The van der Waals surface area contributed by atoms with Gasteiger partial charge in [-0.05, 0) is 6.42 Å². The number of hydrogen-bond donors (Lipinski definition) is 3. The van der Waals surface area contributed by atoms with Crippen LogP contribution in [0.25, 0.3) is 0 Å². The highest BCUT2D eigenvalue weighted by Crippen LogP contribution is 1.95. The maximum atomic E-state index is 11.4. The molecule has 0 bridgehead atoms. The summed E-state index contributed by atoms with van der Waals surface area (Å²) >= 11 is 0. The molecule has 18 heavy (non-hydrogen) atoms. The van der Waals surface area contributed by atoms with Crippen molar-refractivity contribution in [1.82, 2.24) is 20.8 Å². The highest BCUT2D eigenvalue weighted by Gasteiger charge is 2.16. The first-order valence-electron chi connectivity index (χ1n) is 5.59. The number of rotatable bonds is 6. The van der Waals surface area contributed by atoms with Crippen molar-refractivity contribution in [2.24, 2.45) is 0 Å². The summed E-state index contributed by atoms with van der Waals surface area (Å²) in [5, 5.41) is 17.3. The number of urea groups is 1. The maximum absolute atomic E-state index is 11.4. The number of carboxylic acid groups (broad SMARTS) is 1. The van der Waals surface area contributed by atoms with Crippen molar-refractivity contribution < 1.29 is 19.2 Å². The van der Waals surface area contributed by atoms with Gasteiger partial charge in [0.2, 0.25) is 5.89 Å². The second-order valence-electron chi connectivity index (χ2n) is 3.68. The van der Waals surface area contributed by atoms with Gasteiger partial charge in [0.25, 0.3) is 0 Å². The Morgan fingerprint density at radius 3 is 2.72 bits per heavy atom. The van der Waals surface area contributed by atoms with E-state index in [0.717, 1.165) is 0 Å². The number of nitrogens with one attached hydrogen (secondary N) is 2. The topological polar surface area (TPSA) is 117 Å². The fourth-order valence-corrected chi connectivity index (χ4v) is 1.28. The first-order chi connectivity index (χ1) is 8.52. The summed E-state index contributed by atoms with van der Waals surface area (Å²) in [6.07, 6.45) is 0.751. The van der Waals surface area contributed by atoms with Crippen LogP contribution in [0.1, 0.15) is 25.1 Å². The van der Waals surface area contributed by atoms with Crippen molar-refractivity contribution in [3.05, 3.63) is 11.7 Å². The van der Waals surface area contributed by atoms with Crippen LogP contribution in [0.15, 0.2) is 4.52 Å². The number of carboxylic acids is 1. The van der Waals surface area contributed by atoms with Crippen molar-refractivity contribution >= 4 is 12.0 Å². The van der Waals surface area contributed by atoms with Crippen LogP contribution in [0.5, 0.6) is 0 Å².